The lowest BCUT2D eigenvalue weighted by Crippen LogP contribution is -2.36. The van der Waals surface area contributed by atoms with Crippen molar-refractivity contribution in [2.24, 2.45) is 10.1 Å². The van der Waals surface area contributed by atoms with Gasteiger partial charge in [0, 0.05) is 57.5 Å². The largest absolute Gasteiger partial charge is 0.466 e. The van der Waals surface area contributed by atoms with Gasteiger partial charge in [-0.05, 0) is 69.4 Å². The molecule has 0 N–H and O–H groups in total. The first-order chi connectivity index (χ1) is 25.8. The van der Waals surface area contributed by atoms with Crippen LogP contribution in [-0.2, 0) is 38.5 Å². The number of hydrogen-bond acceptors (Lipinski definition) is 10. The van der Waals surface area contributed by atoms with Crippen LogP contribution in [0.1, 0.15) is 89.1 Å². The van der Waals surface area contributed by atoms with Gasteiger partial charge in [0.1, 0.15) is 29.2 Å². The molecular formula is C40H40ClN7O4S. The van der Waals surface area contributed by atoms with Gasteiger partial charge < -0.3 is 14.5 Å². The molecule has 0 fully saturated rings. The number of hydrogen-bond donors (Lipinski definition) is 0. The van der Waals surface area contributed by atoms with E-state index in [1.54, 1.807) is 30.7 Å². The van der Waals surface area contributed by atoms with Crippen molar-refractivity contribution < 1.29 is 19.2 Å². The van der Waals surface area contributed by atoms with Gasteiger partial charge in [-0.2, -0.15) is 0 Å². The minimum atomic E-state index is -0.209. The van der Waals surface area contributed by atoms with Gasteiger partial charge in [-0.25, -0.2) is 0 Å². The highest BCUT2D eigenvalue weighted by molar-refractivity contribution is 7.15. The Morgan fingerprint density at radius 2 is 1.87 bits per heavy atom. The Bertz CT molecular complexity index is 2180. The summed E-state index contributed by atoms with van der Waals surface area (Å²) in [7, 11) is 0. The van der Waals surface area contributed by atoms with Gasteiger partial charge in [-0.15, -0.1) is 21.5 Å². The minimum absolute atomic E-state index is 0.0640. The predicted molar refractivity (Wildman–Crippen MR) is 205 cm³/mol. The first kappa shape index (κ1) is 36.2. The minimum Gasteiger partial charge on any atom is -0.466 e. The molecule has 272 valence electrons. The first-order valence-corrected chi connectivity index (χ1v) is 19.0. The molecule has 0 bridgehead atoms. The molecule has 2 aliphatic rings. The third-order valence-corrected chi connectivity index (χ3v) is 10.9. The fourth-order valence-electron chi connectivity index (χ4n) is 6.70. The van der Waals surface area contributed by atoms with Crippen LogP contribution in [0.4, 0.5) is 0 Å². The smallest absolute Gasteiger partial charge is 0.305 e. The number of halogens is 1. The van der Waals surface area contributed by atoms with Crippen LogP contribution in [0, 0.1) is 6.92 Å². The second-order valence-electron chi connectivity index (χ2n) is 13.0. The summed E-state index contributed by atoms with van der Waals surface area (Å²) >= 11 is 8.43. The van der Waals surface area contributed by atoms with Crippen LogP contribution in [-0.4, -0.2) is 67.7 Å². The Kier molecular flexibility index (Phi) is 11.1. The van der Waals surface area contributed by atoms with Gasteiger partial charge in [0.2, 0.25) is 5.91 Å². The van der Waals surface area contributed by atoms with E-state index in [1.807, 2.05) is 79.4 Å². The fourth-order valence-corrected chi connectivity index (χ4v) is 8.34. The van der Waals surface area contributed by atoms with Gasteiger partial charge in [0.15, 0.2) is 5.82 Å². The van der Waals surface area contributed by atoms with Crippen molar-refractivity contribution in [3.8, 4) is 5.00 Å². The highest BCUT2D eigenvalue weighted by atomic mass is 35.5. The number of carbonyl (C=O) groups is 2. The average Bonchev–Trinajstić information content (AvgIpc) is 3.71. The molecule has 0 saturated heterocycles. The number of nitrogens with zero attached hydrogens (tertiary/aromatic N) is 7. The number of ether oxygens (including phenoxy) is 1. The number of unbranched alkanes of at least 4 members (excludes halogenated alkanes) is 1. The van der Waals surface area contributed by atoms with Gasteiger partial charge >= 0.3 is 5.97 Å². The van der Waals surface area contributed by atoms with E-state index >= 15 is 0 Å². The van der Waals surface area contributed by atoms with Crippen molar-refractivity contribution >= 4 is 46.2 Å². The number of aromatic nitrogens is 4. The molecular weight excluding hydrogens is 710 g/mol. The number of aliphatic imine (C=N–C) groups is 1. The summed E-state index contributed by atoms with van der Waals surface area (Å²) in [6, 6.07) is 19.2. The monoisotopic (exact) mass is 749 g/mol. The fraction of sp³-hybridized carbons (Fsp3) is 0.325. The van der Waals surface area contributed by atoms with E-state index in [9.17, 15) is 9.59 Å². The zero-order valence-electron chi connectivity index (χ0n) is 29.9. The number of benzene rings is 2. The van der Waals surface area contributed by atoms with Crippen LogP contribution >= 0.6 is 22.9 Å². The van der Waals surface area contributed by atoms with Gasteiger partial charge in [-0.1, -0.05) is 59.2 Å². The number of thiophene rings is 1. The number of amides is 1. The van der Waals surface area contributed by atoms with Crippen molar-refractivity contribution in [3.63, 3.8) is 0 Å². The molecule has 0 aliphatic carbocycles. The normalized spacial score (nSPS) is 15.2. The lowest BCUT2D eigenvalue weighted by molar-refractivity contribution is -0.143. The molecule has 1 unspecified atom stereocenters. The van der Waals surface area contributed by atoms with Crippen LogP contribution in [0.2, 0.25) is 5.02 Å². The molecule has 13 heteroatoms. The molecule has 1 amide bonds. The van der Waals surface area contributed by atoms with E-state index in [2.05, 4.69) is 24.9 Å². The number of oxime groups is 1. The van der Waals surface area contributed by atoms with E-state index < -0.39 is 0 Å². The summed E-state index contributed by atoms with van der Waals surface area (Å²) in [4.78, 5) is 43.6. The Morgan fingerprint density at radius 3 is 2.64 bits per heavy atom. The van der Waals surface area contributed by atoms with E-state index in [4.69, 9.17) is 26.2 Å². The Hall–Kier alpha value is -5.20. The predicted octanol–water partition coefficient (Wildman–Crippen LogP) is 7.23. The van der Waals surface area contributed by atoms with Crippen molar-refractivity contribution in [2.45, 2.75) is 65.5 Å². The standard InChI is InChI=1S/C40H40ClN7O4S/c1-4-51-35(50)13-7-8-21-52-46-37(29-10-9-19-42-23-29)28-16-14-27(15-17-28)22-34(49)47-20-18-31-33(24-47)53-40-36(31)38(30-11-5-6-12-32(30)41)43-25(2)39-45-44-26(3)48(39)40/h5-6,9-12,14-17,19,23,25H,4,7-8,13,18,20-22,24H2,1-3H3/b46-37+. The number of fused-ring (bicyclic) bond motifs is 5. The van der Waals surface area contributed by atoms with Crippen LogP contribution in [0.15, 0.2) is 83.2 Å². The molecule has 3 aromatic heterocycles. The van der Waals surface area contributed by atoms with Crippen LogP contribution in [0.5, 0.6) is 0 Å². The zero-order valence-corrected chi connectivity index (χ0v) is 31.5. The third kappa shape index (κ3) is 7.79. The maximum Gasteiger partial charge on any atom is 0.305 e. The second kappa shape index (κ2) is 16.2. The van der Waals surface area contributed by atoms with Crippen LogP contribution in [0.3, 0.4) is 0 Å². The summed E-state index contributed by atoms with van der Waals surface area (Å²) in [6.45, 7) is 7.65. The van der Waals surface area contributed by atoms with Crippen molar-refractivity contribution in [2.75, 3.05) is 19.8 Å². The summed E-state index contributed by atoms with van der Waals surface area (Å²) in [5, 5.41) is 15.0. The summed E-state index contributed by atoms with van der Waals surface area (Å²) in [5.41, 5.74) is 7.20. The number of aryl methyl sites for hydroxylation is 1. The average molecular weight is 750 g/mol. The van der Waals surface area contributed by atoms with E-state index in [0.29, 0.717) is 62.7 Å². The molecule has 0 saturated carbocycles. The number of carbonyl (C=O) groups excluding carboxylic acids is 2. The van der Waals surface area contributed by atoms with E-state index in [1.165, 1.54) is 5.56 Å². The van der Waals surface area contributed by atoms with Gasteiger partial charge in [-0.3, -0.25) is 24.1 Å². The quantitative estimate of drug-likeness (QED) is 0.0571. The zero-order chi connectivity index (χ0) is 36.9. The number of esters is 1. The number of pyridine rings is 1. The topological polar surface area (TPSA) is 124 Å². The van der Waals surface area contributed by atoms with Crippen LogP contribution in [0.25, 0.3) is 5.00 Å². The Labute approximate surface area is 317 Å². The Morgan fingerprint density at radius 1 is 1.04 bits per heavy atom. The van der Waals surface area contributed by atoms with E-state index in [0.717, 1.165) is 55.1 Å². The van der Waals surface area contributed by atoms with Gasteiger partial charge in [0.05, 0.1) is 25.3 Å². The summed E-state index contributed by atoms with van der Waals surface area (Å²) < 4.78 is 7.10. The molecule has 5 aromatic rings. The summed E-state index contributed by atoms with van der Waals surface area (Å²) in [5.74, 6) is 1.45. The molecule has 2 aromatic carbocycles. The van der Waals surface area contributed by atoms with E-state index in [-0.39, 0.29) is 24.3 Å². The lowest BCUT2D eigenvalue weighted by Gasteiger charge is -2.28. The van der Waals surface area contributed by atoms with Crippen molar-refractivity contribution in [1.29, 1.82) is 0 Å². The van der Waals surface area contributed by atoms with Crippen LogP contribution < -0.4 is 0 Å². The van der Waals surface area contributed by atoms with Crippen molar-refractivity contribution in [1.82, 2.24) is 24.6 Å². The summed E-state index contributed by atoms with van der Waals surface area (Å²) in [6.07, 6.45) is 6.11. The highest BCUT2D eigenvalue weighted by Crippen LogP contribution is 2.42. The van der Waals surface area contributed by atoms with Crippen molar-refractivity contribution in [3.05, 3.63) is 128 Å². The SMILES string of the molecule is CCOC(=O)CCCCO/N=C(\c1ccc(CC(=O)N2CCc3c(sc4c3C(c3ccccc3Cl)=NC(C)c3nnc(C)n3-4)C2)cc1)c1cccnc1. The molecule has 0 radical (unpaired) electrons. The number of rotatable bonds is 12. The molecule has 7 rings (SSSR count). The molecule has 5 heterocycles. The molecule has 11 nitrogen and oxygen atoms in total. The maximum absolute atomic E-state index is 13.8. The maximum atomic E-state index is 13.8. The molecule has 2 aliphatic heterocycles. The molecule has 0 spiro atoms. The third-order valence-electron chi connectivity index (χ3n) is 9.35. The first-order valence-electron chi connectivity index (χ1n) is 17.8. The lowest BCUT2D eigenvalue weighted by atomic mass is 9.95. The van der Waals surface area contributed by atoms with Gasteiger partial charge in [0.25, 0.3) is 0 Å². The second-order valence-corrected chi connectivity index (χ2v) is 14.5. The highest BCUT2D eigenvalue weighted by Gasteiger charge is 2.34. The Balaban J connectivity index is 1.07. The molecule has 53 heavy (non-hydrogen) atoms. The molecule has 1 atom stereocenters.